The van der Waals surface area contributed by atoms with Crippen molar-refractivity contribution in [2.75, 3.05) is 0 Å². The Labute approximate surface area is 82.0 Å². The number of nitrogens with two attached hydrogens (primary N) is 1. The monoisotopic (exact) mass is 195 g/mol. The van der Waals surface area contributed by atoms with Gasteiger partial charge in [0, 0.05) is 0 Å². The van der Waals surface area contributed by atoms with Crippen LogP contribution in [0.5, 0.6) is 11.5 Å². The second-order valence-electron chi connectivity index (χ2n) is 3.45. The van der Waals surface area contributed by atoms with Gasteiger partial charge in [0.1, 0.15) is 17.1 Å². The van der Waals surface area contributed by atoms with Crippen LogP contribution in [0.3, 0.4) is 0 Å². The molecule has 0 atom stereocenters. The molecule has 76 valence electrons. The third kappa shape index (κ3) is 1.79. The lowest BCUT2D eigenvalue weighted by Gasteiger charge is -2.09. The maximum atomic E-state index is 10.8. The van der Waals surface area contributed by atoms with Crippen molar-refractivity contribution in [1.82, 2.24) is 0 Å². The second-order valence-corrected chi connectivity index (χ2v) is 3.45. The fourth-order valence-electron chi connectivity index (χ4n) is 1.22. The van der Waals surface area contributed by atoms with Crippen molar-refractivity contribution in [3.8, 4) is 11.5 Å². The Balaban J connectivity index is 3.32. The smallest absolute Gasteiger partial charge is 0.256 e. The van der Waals surface area contributed by atoms with Crippen LogP contribution in [0, 0.1) is 0 Å². The number of benzene rings is 1. The van der Waals surface area contributed by atoms with Gasteiger partial charge in [-0.05, 0) is 23.6 Å². The van der Waals surface area contributed by atoms with Gasteiger partial charge in [-0.1, -0.05) is 13.8 Å². The highest BCUT2D eigenvalue weighted by atomic mass is 16.3. The molecule has 1 amide bonds. The third-order valence-corrected chi connectivity index (χ3v) is 2.03. The number of amides is 1. The molecular weight excluding hydrogens is 182 g/mol. The van der Waals surface area contributed by atoms with Crippen molar-refractivity contribution in [3.05, 3.63) is 23.3 Å². The molecule has 4 nitrogen and oxygen atoms in total. The van der Waals surface area contributed by atoms with Crippen LogP contribution >= 0.6 is 0 Å². The highest BCUT2D eigenvalue weighted by Gasteiger charge is 2.15. The van der Waals surface area contributed by atoms with E-state index in [4.69, 9.17) is 5.73 Å². The average molecular weight is 195 g/mol. The fraction of sp³-hybridized carbons (Fsp3) is 0.300. The summed E-state index contributed by atoms with van der Waals surface area (Å²) in [6.45, 7) is 3.83. The minimum atomic E-state index is -0.838. The summed E-state index contributed by atoms with van der Waals surface area (Å²) < 4.78 is 0. The molecule has 0 fully saturated rings. The maximum absolute atomic E-state index is 10.8. The predicted octanol–water partition coefficient (Wildman–Crippen LogP) is 1.32. The molecule has 1 aromatic carbocycles. The number of primary amides is 1. The van der Waals surface area contributed by atoms with E-state index < -0.39 is 5.91 Å². The van der Waals surface area contributed by atoms with Gasteiger partial charge in [-0.2, -0.15) is 0 Å². The molecule has 1 rings (SSSR count). The number of carbonyl (C=O) groups is 1. The number of carbonyl (C=O) groups excluding carboxylic acids is 1. The number of rotatable bonds is 2. The molecule has 0 spiro atoms. The summed E-state index contributed by atoms with van der Waals surface area (Å²) in [5.41, 5.74) is 5.51. The van der Waals surface area contributed by atoms with Gasteiger partial charge in [0.15, 0.2) is 0 Å². The van der Waals surface area contributed by atoms with Crippen LogP contribution in [0.15, 0.2) is 12.1 Å². The Kier molecular flexibility index (Phi) is 2.65. The van der Waals surface area contributed by atoms with E-state index >= 15 is 0 Å². The standard InChI is InChI=1S/C10H13NO3/c1-5(2)6-3-7(12)9(10(11)14)8(13)4-6/h3-5,12-13H,1-2H3,(H2,11,14). The van der Waals surface area contributed by atoms with Crippen LogP contribution in [0.1, 0.15) is 35.7 Å². The number of phenols is 2. The van der Waals surface area contributed by atoms with Crippen molar-refractivity contribution < 1.29 is 15.0 Å². The summed E-state index contributed by atoms with van der Waals surface area (Å²) in [4.78, 5) is 10.8. The maximum Gasteiger partial charge on any atom is 0.256 e. The van der Waals surface area contributed by atoms with Crippen LogP contribution in [0.4, 0.5) is 0 Å². The van der Waals surface area contributed by atoms with E-state index in [9.17, 15) is 15.0 Å². The van der Waals surface area contributed by atoms with Crippen LogP contribution < -0.4 is 5.73 Å². The van der Waals surface area contributed by atoms with Gasteiger partial charge in [0.25, 0.3) is 5.91 Å². The highest BCUT2D eigenvalue weighted by Crippen LogP contribution is 2.31. The molecular formula is C10H13NO3. The Hall–Kier alpha value is -1.71. The zero-order valence-corrected chi connectivity index (χ0v) is 8.11. The molecule has 0 aliphatic rings. The lowest BCUT2D eigenvalue weighted by Crippen LogP contribution is -2.11. The van der Waals surface area contributed by atoms with E-state index in [-0.39, 0.29) is 23.0 Å². The third-order valence-electron chi connectivity index (χ3n) is 2.03. The summed E-state index contributed by atoms with van der Waals surface area (Å²) in [6.07, 6.45) is 0. The zero-order valence-electron chi connectivity index (χ0n) is 8.11. The van der Waals surface area contributed by atoms with Gasteiger partial charge < -0.3 is 15.9 Å². The van der Waals surface area contributed by atoms with Crippen molar-refractivity contribution >= 4 is 5.91 Å². The topological polar surface area (TPSA) is 83.5 Å². The summed E-state index contributed by atoms with van der Waals surface area (Å²) in [5, 5.41) is 18.9. The van der Waals surface area contributed by atoms with E-state index in [0.29, 0.717) is 0 Å². The first-order chi connectivity index (χ1) is 6.43. The molecule has 4 N–H and O–H groups in total. The van der Waals surface area contributed by atoms with E-state index in [1.54, 1.807) is 0 Å². The summed E-state index contributed by atoms with van der Waals surface area (Å²) >= 11 is 0. The van der Waals surface area contributed by atoms with Crippen molar-refractivity contribution in [2.45, 2.75) is 19.8 Å². The minimum absolute atomic E-state index is 0.161. The van der Waals surface area contributed by atoms with Gasteiger partial charge in [-0.15, -0.1) is 0 Å². The Morgan fingerprint density at radius 2 is 1.71 bits per heavy atom. The first-order valence-corrected chi connectivity index (χ1v) is 4.29. The second kappa shape index (κ2) is 3.57. The molecule has 0 saturated heterocycles. The Morgan fingerprint density at radius 3 is 2.00 bits per heavy atom. The van der Waals surface area contributed by atoms with Crippen LogP contribution in [0.2, 0.25) is 0 Å². The van der Waals surface area contributed by atoms with E-state index in [2.05, 4.69) is 0 Å². The quantitative estimate of drug-likeness (QED) is 0.665. The van der Waals surface area contributed by atoms with Crippen LogP contribution in [-0.2, 0) is 0 Å². The number of hydrogen-bond donors (Lipinski definition) is 3. The first kappa shape index (κ1) is 10.4. The molecule has 0 unspecified atom stereocenters. The molecule has 0 aliphatic heterocycles. The van der Waals surface area contributed by atoms with E-state index in [0.717, 1.165) is 5.56 Å². The number of aromatic hydroxyl groups is 2. The Bertz CT molecular complexity index is 349. The molecule has 0 aliphatic carbocycles. The average Bonchev–Trinajstić information content (AvgIpc) is 2.01. The predicted molar refractivity (Wildman–Crippen MR) is 52.4 cm³/mol. The highest BCUT2D eigenvalue weighted by molar-refractivity contribution is 5.98. The van der Waals surface area contributed by atoms with Crippen LogP contribution in [0.25, 0.3) is 0 Å². The fourth-order valence-corrected chi connectivity index (χ4v) is 1.22. The minimum Gasteiger partial charge on any atom is -0.507 e. The van der Waals surface area contributed by atoms with Gasteiger partial charge >= 0.3 is 0 Å². The van der Waals surface area contributed by atoms with E-state index in [1.165, 1.54) is 12.1 Å². The van der Waals surface area contributed by atoms with E-state index in [1.807, 2.05) is 13.8 Å². The zero-order chi connectivity index (χ0) is 10.9. The molecule has 0 heterocycles. The molecule has 0 aromatic heterocycles. The summed E-state index contributed by atoms with van der Waals surface area (Å²) in [5.74, 6) is -1.23. The molecule has 14 heavy (non-hydrogen) atoms. The Morgan fingerprint density at radius 1 is 1.29 bits per heavy atom. The molecule has 4 heteroatoms. The van der Waals surface area contributed by atoms with Crippen LogP contribution in [-0.4, -0.2) is 16.1 Å². The first-order valence-electron chi connectivity index (χ1n) is 4.29. The molecule has 1 aromatic rings. The SMILES string of the molecule is CC(C)c1cc(O)c(C(N)=O)c(O)c1. The lowest BCUT2D eigenvalue weighted by molar-refractivity contribution is 0.0995. The van der Waals surface area contributed by atoms with Crippen molar-refractivity contribution in [2.24, 2.45) is 5.73 Å². The largest absolute Gasteiger partial charge is 0.507 e. The van der Waals surface area contributed by atoms with Gasteiger partial charge in [-0.3, -0.25) is 4.79 Å². The van der Waals surface area contributed by atoms with Crippen molar-refractivity contribution in [3.63, 3.8) is 0 Å². The van der Waals surface area contributed by atoms with Gasteiger partial charge in [-0.25, -0.2) is 0 Å². The van der Waals surface area contributed by atoms with Crippen molar-refractivity contribution in [1.29, 1.82) is 0 Å². The number of hydrogen-bond acceptors (Lipinski definition) is 3. The lowest BCUT2D eigenvalue weighted by atomic mass is 10.00. The molecule has 0 bridgehead atoms. The summed E-state index contributed by atoms with van der Waals surface area (Å²) in [7, 11) is 0. The molecule has 0 radical (unpaired) electrons. The normalized spacial score (nSPS) is 10.5. The molecule has 0 saturated carbocycles. The summed E-state index contributed by atoms with van der Waals surface area (Å²) in [6, 6.07) is 2.87. The van der Waals surface area contributed by atoms with Gasteiger partial charge in [0.05, 0.1) is 0 Å². The van der Waals surface area contributed by atoms with Gasteiger partial charge in [0.2, 0.25) is 0 Å².